The van der Waals surface area contributed by atoms with Gasteiger partial charge in [0.2, 0.25) is 0 Å². The molecule has 1 saturated carbocycles. The molecule has 2 heteroatoms. The molecule has 0 spiro atoms. The summed E-state index contributed by atoms with van der Waals surface area (Å²) in [5.74, 6) is 1.66. The number of Topliss-reactive ketones (excluding diaryl/α,β-unsaturated/α-hetero) is 1. The summed E-state index contributed by atoms with van der Waals surface area (Å²) in [5.41, 5.74) is 0.0622. The van der Waals surface area contributed by atoms with E-state index in [0.717, 1.165) is 0 Å². The molecule has 1 rings (SSSR count). The van der Waals surface area contributed by atoms with Crippen molar-refractivity contribution in [3.05, 3.63) is 0 Å². The molecule has 0 heterocycles. The van der Waals surface area contributed by atoms with Gasteiger partial charge in [-0.1, -0.05) is 47.0 Å². The van der Waals surface area contributed by atoms with Crippen LogP contribution in [0.4, 0.5) is 0 Å². The van der Waals surface area contributed by atoms with Gasteiger partial charge < -0.3 is 0 Å². The first-order valence-corrected chi connectivity index (χ1v) is 8.54. The second kappa shape index (κ2) is 8.81. The Morgan fingerprint density at radius 2 is 1.70 bits per heavy atom. The Balaban J connectivity index is 0.00000172. The van der Waals surface area contributed by atoms with E-state index in [-0.39, 0.29) is 11.6 Å². The molecular formula is C18H37NO. The third kappa shape index (κ3) is 5.20. The molecule has 0 N–H and O–H groups in total. The number of nitrogens with zero attached hydrogens (tertiary/aromatic N) is 1. The molecule has 0 aromatic heterocycles. The van der Waals surface area contributed by atoms with E-state index >= 15 is 0 Å². The maximum absolute atomic E-state index is 12.4. The molecule has 3 atom stereocenters. The highest BCUT2D eigenvalue weighted by Crippen LogP contribution is 2.36. The Morgan fingerprint density at radius 1 is 1.20 bits per heavy atom. The van der Waals surface area contributed by atoms with E-state index in [1.54, 1.807) is 0 Å². The predicted molar refractivity (Wildman–Crippen MR) is 89.1 cm³/mol. The van der Waals surface area contributed by atoms with Gasteiger partial charge in [0.05, 0.1) is 6.04 Å². The fraction of sp³-hybridized carbons (Fsp3) is 0.944. The molecule has 3 unspecified atom stereocenters. The van der Waals surface area contributed by atoms with Gasteiger partial charge in [0.25, 0.3) is 0 Å². The zero-order valence-corrected chi connectivity index (χ0v) is 15.1. The van der Waals surface area contributed by atoms with Crippen LogP contribution in [-0.4, -0.2) is 29.3 Å². The van der Waals surface area contributed by atoms with E-state index in [4.69, 9.17) is 0 Å². The van der Waals surface area contributed by atoms with E-state index in [2.05, 4.69) is 39.6 Å². The van der Waals surface area contributed by atoms with Crippen LogP contribution in [0.5, 0.6) is 0 Å². The van der Waals surface area contributed by atoms with Crippen molar-refractivity contribution in [3.8, 4) is 0 Å². The third-order valence-corrected chi connectivity index (χ3v) is 4.74. The molecule has 0 radical (unpaired) electrons. The fourth-order valence-corrected chi connectivity index (χ4v) is 3.18. The molecule has 1 aliphatic carbocycles. The maximum atomic E-state index is 12.4. The van der Waals surface area contributed by atoms with E-state index in [1.807, 2.05) is 20.8 Å². The Bertz CT molecular complexity index is 280. The van der Waals surface area contributed by atoms with Crippen molar-refractivity contribution in [2.24, 2.45) is 11.8 Å². The first-order valence-electron chi connectivity index (χ1n) is 8.54. The van der Waals surface area contributed by atoms with Crippen molar-refractivity contribution in [1.29, 1.82) is 0 Å². The largest absolute Gasteiger partial charge is 0.298 e. The topological polar surface area (TPSA) is 20.3 Å². The first-order chi connectivity index (χ1) is 9.29. The first kappa shape index (κ1) is 19.6. The van der Waals surface area contributed by atoms with E-state index < -0.39 is 0 Å². The summed E-state index contributed by atoms with van der Waals surface area (Å²) in [6.07, 6.45) is 5.80. The zero-order valence-electron chi connectivity index (χ0n) is 15.1. The summed E-state index contributed by atoms with van der Waals surface area (Å²) in [4.78, 5) is 14.7. The number of carbonyl (C=O) groups excluding carboxylic acids is 1. The van der Waals surface area contributed by atoms with Gasteiger partial charge in [-0.2, -0.15) is 0 Å². The van der Waals surface area contributed by atoms with Gasteiger partial charge in [0, 0.05) is 12.0 Å². The average Bonchev–Trinajstić information content (AvgIpc) is 2.42. The summed E-state index contributed by atoms with van der Waals surface area (Å²) in [6, 6.07) is 0.116. The zero-order chi connectivity index (χ0) is 15.9. The Morgan fingerprint density at radius 3 is 2.10 bits per heavy atom. The monoisotopic (exact) mass is 283 g/mol. The molecule has 2 nitrogen and oxygen atoms in total. The second-order valence-corrected chi connectivity index (χ2v) is 6.97. The lowest BCUT2D eigenvalue weighted by atomic mass is 9.73. The third-order valence-electron chi connectivity index (χ3n) is 4.74. The summed E-state index contributed by atoms with van der Waals surface area (Å²) < 4.78 is 0. The minimum atomic E-state index is 0.0622. The number of hydrogen-bond donors (Lipinski definition) is 0. The number of carbonyl (C=O) groups is 1. The quantitative estimate of drug-likeness (QED) is 0.730. The normalized spacial score (nSPS) is 24.9. The van der Waals surface area contributed by atoms with Crippen LogP contribution in [0.25, 0.3) is 0 Å². The number of ketones is 1. The van der Waals surface area contributed by atoms with Crippen molar-refractivity contribution in [3.63, 3.8) is 0 Å². The summed E-state index contributed by atoms with van der Waals surface area (Å²) in [5, 5.41) is 0. The highest BCUT2D eigenvalue weighted by molar-refractivity contribution is 5.84. The summed E-state index contributed by atoms with van der Waals surface area (Å²) >= 11 is 0. The van der Waals surface area contributed by atoms with Crippen LogP contribution >= 0.6 is 0 Å². The van der Waals surface area contributed by atoms with E-state index in [9.17, 15) is 4.79 Å². The highest BCUT2D eigenvalue weighted by Gasteiger charge is 2.38. The minimum absolute atomic E-state index is 0.0622. The highest BCUT2D eigenvalue weighted by atomic mass is 16.1. The van der Waals surface area contributed by atoms with E-state index in [1.165, 1.54) is 25.7 Å². The maximum Gasteiger partial charge on any atom is 0.149 e. The van der Waals surface area contributed by atoms with Gasteiger partial charge >= 0.3 is 0 Å². The standard InChI is InChI=1S/C16H31NO.C2H6/c1-7-14(18)15(17(6)16(3,4)5)13-11-9-8-10-12(13)2;1-2/h12-13,15H,7-11H2,1-6H3;1-2H3. The van der Waals surface area contributed by atoms with Gasteiger partial charge in [0.15, 0.2) is 0 Å². The lowest BCUT2D eigenvalue weighted by molar-refractivity contribution is -0.129. The lowest BCUT2D eigenvalue weighted by Crippen LogP contribution is -2.54. The molecule has 0 amide bonds. The number of hydrogen-bond acceptors (Lipinski definition) is 2. The van der Waals surface area contributed by atoms with Gasteiger partial charge in [-0.25, -0.2) is 0 Å². The van der Waals surface area contributed by atoms with E-state index in [0.29, 0.717) is 24.0 Å². The van der Waals surface area contributed by atoms with Crippen LogP contribution in [-0.2, 0) is 4.79 Å². The minimum Gasteiger partial charge on any atom is -0.298 e. The van der Waals surface area contributed by atoms with Crippen LogP contribution in [0.3, 0.4) is 0 Å². The van der Waals surface area contributed by atoms with Crippen LogP contribution in [0, 0.1) is 11.8 Å². The number of rotatable bonds is 4. The SMILES string of the molecule is CC.CCC(=O)C(C1CCCCC1C)N(C)C(C)(C)C. The summed E-state index contributed by atoms with van der Waals surface area (Å²) in [7, 11) is 2.12. The van der Waals surface area contributed by atoms with Gasteiger partial charge in [-0.05, 0) is 46.1 Å². The van der Waals surface area contributed by atoms with Gasteiger partial charge in [-0.15, -0.1) is 0 Å². The Hall–Kier alpha value is -0.370. The molecule has 1 fully saturated rings. The lowest BCUT2D eigenvalue weighted by Gasteiger charge is -2.44. The smallest absolute Gasteiger partial charge is 0.149 e. The molecule has 1 aliphatic rings. The Kier molecular flexibility index (Phi) is 8.65. The second-order valence-electron chi connectivity index (χ2n) is 6.97. The molecule has 120 valence electrons. The van der Waals surface area contributed by atoms with Crippen molar-refractivity contribution < 1.29 is 4.79 Å². The predicted octanol–water partition coefficient (Wildman–Crippen LogP) is 4.92. The van der Waals surface area contributed by atoms with Crippen molar-refractivity contribution in [2.75, 3.05) is 7.05 Å². The molecule has 0 aromatic carbocycles. The van der Waals surface area contributed by atoms with Crippen LogP contribution in [0.1, 0.15) is 80.6 Å². The number of likely N-dealkylation sites (N-methyl/N-ethyl adjacent to an activating group) is 1. The van der Waals surface area contributed by atoms with Crippen molar-refractivity contribution in [2.45, 2.75) is 92.2 Å². The van der Waals surface area contributed by atoms with Gasteiger partial charge in [-0.3, -0.25) is 9.69 Å². The van der Waals surface area contributed by atoms with Crippen molar-refractivity contribution in [1.82, 2.24) is 4.90 Å². The molecule has 0 aliphatic heterocycles. The fourth-order valence-electron chi connectivity index (χ4n) is 3.18. The Labute approximate surface area is 127 Å². The van der Waals surface area contributed by atoms with Gasteiger partial charge in [0.1, 0.15) is 5.78 Å². The van der Waals surface area contributed by atoms with Crippen LogP contribution < -0.4 is 0 Å². The molecular weight excluding hydrogens is 246 g/mol. The molecule has 0 bridgehead atoms. The molecule has 0 saturated heterocycles. The average molecular weight is 284 g/mol. The summed E-state index contributed by atoms with van der Waals surface area (Å²) in [6.45, 7) is 14.9. The molecule has 0 aromatic rings. The molecule has 20 heavy (non-hydrogen) atoms. The van der Waals surface area contributed by atoms with Crippen LogP contribution in [0.15, 0.2) is 0 Å². The van der Waals surface area contributed by atoms with Crippen molar-refractivity contribution >= 4 is 5.78 Å². The van der Waals surface area contributed by atoms with Crippen LogP contribution in [0.2, 0.25) is 0 Å².